The second-order valence-corrected chi connectivity index (χ2v) is 2.34. The second kappa shape index (κ2) is 3.93. The maximum absolute atomic E-state index is 8.54. The first-order valence-electron chi connectivity index (χ1n) is 3.63. The Labute approximate surface area is 66.0 Å². The number of rotatable bonds is 4. The van der Waals surface area contributed by atoms with Crippen molar-refractivity contribution in [1.29, 1.82) is 0 Å². The Kier molecular flexibility index (Phi) is 2.86. The molecule has 11 heavy (non-hydrogen) atoms. The fourth-order valence-electron chi connectivity index (χ4n) is 0.890. The number of aromatic nitrogens is 2. The summed E-state index contributed by atoms with van der Waals surface area (Å²) in [7, 11) is 0. The van der Waals surface area contributed by atoms with Crippen LogP contribution in [0.15, 0.2) is 19.0 Å². The van der Waals surface area contributed by atoms with Crippen molar-refractivity contribution in [2.75, 3.05) is 6.61 Å². The molecule has 0 aliphatic carbocycles. The molecule has 0 unspecified atom stereocenters. The van der Waals surface area contributed by atoms with Crippen molar-refractivity contribution in [1.82, 2.24) is 9.78 Å². The van der Waals surface area contributed by atoms with Gasteiger partial charge in [-0.1, -0.05) is 6.58 Å². The van der Waals surface area contributed by atoms with Crippen LogP contribution in [0.25, 0.3) is 6.20 Å². The van der Waals surface area contributed by atoms with Crippen molar-refractivity contribution < 1.29 is 5.11 Å². The van der Waals surface area contributed by atoms with Gasteiger partial charge in [0.05, 0.1) is 6.20 Å². The predicted octanol–water partition coefficient (Wildman–Crippen LogP) is 0.908. The number of aliphatic hydroxyl groups is 1. The maximum atomic E-state index is 8.54. The van der Waals surface area contributed by atoms with Crippen LogP contribution in [0.4, 0.5) is 0 Å². The van der Waals surface area contributed by atoms with Crippen LogP contribution >= 0.6 is 0 Å². The summed E-state index contributed by atoms with van der Waals surface area (Å²) in [5.41, 5.74) is 1.14. The molecule has 1 rings (SSSR count). The lowest BCUT2D eigenvalue weighted by Crippen LogP contribution is -1.87. The van der Waals surface area contributed by atoms with Gasteiger partial charge in [0.25, 0.3) is 0 Å². The van der Waals surface area contributed by atoms with E-state index in [-0.39, 0.29) is 6.61 Å². The first-order chi connectivity index (χ1) is 5.36. The summed E-state index contributed by atoms with van der Waals surface area (Å²) in [6, 6.07) is 0. The Morgan fingerprint density at radius 1 is 1.73 bits per heavy atom. The SMILES string of the molecule is C=Cn1cc(CCCO)cn1. The third kappa shape index (κ3) is 2.20. The van der Waals surface area contributed by atoms with Gasteiger partial charge in [-0.05, 0) is 18.4 Å². The van der Waals surface area contributed by atoms with E-state index in [0.717, 1.165) is 18.4 Å². The van der Waals surface area contributed by atoms with Gasteiger partial charge in [0, 0.05) is 19.0 Å². The van der Waals surface area contributed by atoms with Gasteiger partial charge >= 0.3 is 0 Å². The molecule has 0 radical (unpaired) electrons. The van der Waals surface area contributed by atoms with Crippen LogP contribution in [0, 0.1) is 0 Å². The minimum atomic E-state index is 0.235. The van der Waals surface area contributed by atoms with E-state index in [9.17, 15) is 0 Å². The molecule has 0 aliphatic heterocycles. The molecule has 1 N–H and O–H groups in total. The molecule has 1 aromatic rings. The molecule has 1 aromatic heterocycles. The monoisotopic (exact) mass is 152 g/mol. The lowest BCUT2D eigenvalue weighted by molar-refractivity contribution is 0.288. The molecule has 60 valence electrons. The summed E-state index contributed by atoms with van der Waals surface area (Å²) >= 11 is 0. The highest BCUT2D eigenvalue weighted by Gasteiger charge is 1.94. The summed E-state index contributed by atoms with van der Waals surface area (Å²) in [5, 5.41) is 12.5. The van der Waals surface area contributed by atoms with Crippen molar-refractivity contribution in [3.63, 3.8) is 0 Å². The van der Waals surface area contributed by atoms with E-state index in [2.05, 4.69) is 11.7 Å². The van der Waals surface area contributed by atoms with E-state index >= 15 is 0 Å². The lowest BCUT2D eigenvalue weighted by Gasteiger charge is -1.90. The zero-order chi connectivity index (χ0) is 8.10. The van der Waals surface area contributed by atoms with Gasteiger partial charge in [0.2, 0.25) is 0 Å². The van der Waals surface area contributed by atoms with Crippen LogP contribution in [0.2, 0.25) is 0 Å². The third-order valence-electron chi connectivity index (χ3n) is 1.47. The molecule has 0 spiro atoms. The zero-order valence-corrected chi connectivity index (χ0v) is 6.40. The van der Waals surface area contributed by atoms with E-state index in [1.165, 1.54) is 0 Å². The highest BCUT2D eigenvalue weighted by atomic mass is 16.2. The summed E-state index contributed by atoms with van der Waals surface area (Å²) in [6.45, 7) is 3.81. The average Bonchev–Trinajstić information content (AvgIpc) is 2.48. The topological polar surface area (TPSA) is 38.0 Å². The molecule has 1 heterocycles. The fraction of sp³-hybridized carbons (Fsp3) is 0.375. The van der Waals surface area contributed by atoms with E-state index in [0.29, 0.717) is 0 Å². The van der Waals surface area contributed by atoms with Crippen molar-refractivity contribution in [2.24, 2.45) is 0 Å². The van der Waals surface area contributed by atoms with Crippen LogP contribution in [0.1, 0.15) is 12.0 Å². The van der Waals surface area contributed by atoms with Gasteiger partial charge < -0.3 is 5.11 Å². The van der Waals surface area contributed by atoms with Crippen LogP contribution in [-0.4, -0.2) is 21.5 Å². The molecule has 0 aromatic carbocycles. The smallest absolute Gasteiger partial charge is 0.0525 e. The maximum Gasteiger partial charge on any atom is 0.0525 e. The molecule has 3 nitrogen and oxygen atoms in total. The number of hydrogen-bond donors (Lipinski definition) is 1. The Morgan fingerprint density at radius 3 is 3.09 bits per heavy atom. The molecular weight excluding hydrogens is 140 g/mol. The molecule has 0 amide bonds. The van der Waals surface area contributed by atoms with E-state index in [4.69, 9.17) is 5.11 Å². The van der Waals surface area contributed by atoms with Gasteiger partial charge in [-0.15, -0.1) is 0 Å². The molecule has 0 bridgehead atoms. The summed E-state index contributed by atoms with van der Waals surface area (Å²) in [5.74, 6) is 0. The molecule has 0 fully saturated rings. The Balaban J connectivity index is 2.51. The first-order valence-corrected chi connectivity index (χ1v) is 3.63. The third-order valence-corrected chi connectivity index (χ3v) is 1.47. The van der Waals surface area contributed by atoms with Crippen LogP contribution in [0.5, 0.6) is 0 Å². The number of aliphatic hydroxyl groups excluding tert-OH is 1. The normalized spacial score (nSPS) is 9.91. The molecule has 0 atom stereocenters. The fourth-order valence-corrected chi connectivity index (χ4v) is 0.890. The summed E-state index contributed by atoms with van der Waals surface area (Å²) in [4.78, 5) is 0. The van der Waals surface area contributed by atoms with Crippen LogP contribution < -0.4 is 0 Å². The van der Waals surface area contributed by atoms with Gasteiger partial charge in [0.1, 0.15) is 0 Å². The molecule has 0 aliphatic rings. The van der Waals surface area contributed by atoms with Gasteiger partial charge in [-0.3, -0.25) is 0 Å². The molecule has 3 heteroatoms. The van der Waals surface area contributed by atoms with Crippen molar-refractivity contribution >= 4 is 6.20 Å². The summed E-state index contributed by atoms with van der Waals surface area (Å²) < 4.78 is 1.66. The molecular formula is C8H12N2O. The Hall–Kier alpha value is -1.09. The number of nitrogens with zero attached hydrogens (tertiary/aromatic N) is 2. The highest BCUT2D eigenvalue weighted by Crippen LogP contribution is 2.00. The minimum absolute atomic E-state index is 0.235. The first kappa shape index (κ1) is 8.01. The van der Waals surface area contributed by atoms with Crippen LogP contribution in [-0.2, 0) is 6.42 Å². The lowest BCUT2D eigenvalue weighted by atomic mass is 10.2. The highest BCUT2D eigenvalue weighted by molar-refractivity contribution is 5.17. The van der Waals surface area contributed by atoms with Crippen molar-refractivity contribution in [3.05, 3.63) is 24.5 Å². The summed E-state index contributed by atoms with van der Waals surface area (Å²) in [6.07, 6.45) is 7.01. The van der Waals surface area contributed by atoms with E-state index in [1.807, 2.05) is 6.20 Å². The standard InChI is InChI=1S/C8H12N2O/c1-2-10-7-8(6-9-10)4-3-5-11/h2,6-7,11H,1,3-5H2. The van der Waals surface area contributed by atoms with Crippen LogP contribution in [0.3, 0.4) is 0 Å². The van der Waals surface area contributed by atoms with E-state index < -0.39 is 0 Å². The Bertz CT molecular complexity index is 230. The molecule has 0 saturated carbocycles. The Morgan fingerprint density at radius 2 is 2.55 bits per heavy atom. The van der Waals surface area contributed by atoms with Crippen molar-refractivity contribution in [2.45, 2.75) is 12.8 Å². The largest absolute Gasteiger partial charge is 0.396 e. The van der Waals surface area contributed by atoms with Gasteiger partial charge in [0.15, 0.2) is 0 Å². The average molecular weight is 152 g/mol. The quantitative estimate of drug-likeness (QED) is 0.696. The second-order valence-electron chi connectivity index (χ2n) is 2.34. The van der Waals surface area contributed by atoms with Gasteiger partial charge in [-0.2, -0.15) is 5.10 Å². The van der Waals surface area contributed by atoms with E-state index in [1.54, 1.807) is 17.1 Å². The van der Waals surface area contributed by atoms with Crippen molar-refractivity contribution in [3.8, 4) is 0 Å². The zero-order valence-electron chi connectivity index (χ0n) is 6.40. The molecule has 0 saturated heterocycles. The minimum Gasteiger partial charge on any atom is -0.396 e. The number of aryl methyl sites for hydroxylation is 1. The van der Waals surface area contributed by atoms with Gasteiger partial charge in [-0.25, -0.2) is 4.68 Å². The predicted molar refractivity (Wildman–Crippen MR) is 44.0 cm³/mol. The number of hydrogen-bond acceptors (Lipinski definition) is 2.